The molecule has 11 nitrogen and oxygen atoms in total. The molecule has 0 radical (unpaired) electrons. The molecule has 5 rings (SSSR count). The molecule has 0 bridgehead atoms. The van der Waals surface area contributed by atoms with E-state index in [0.717, 1.165) is 11.3 Å². The molecule has 1 atom stereocenters. The van der Waals surface area contributed by atoms with Gasteiger partial charge in [-0.1, -0.05) is 30.3 Å². The van der Waals surface area contributed by atoms with Gasteiger partial charge in [0.05, 0.1) is 28.6 Å². The maximum Gasteiger partial charge on any atom is 0.269 e. The Labute approximate surface area is 239 Å². The van der Waals surface area contributed by atoms with E-state index in [1.807, 2.05) is 30.3 Å². The highest BCUT2D eigenvalue weighted by molar-refractivity contribution is 7.89. The van der Waals surface area contributed by atoms with Gasteiger partial charge in [0.15, 0.2) is 0 Å². The van der Waals surface area contributed by atoms with Gasteiger partial charge in [-0.05, 0) is 42.8 Å². The van der Waals surface area contributed by atoms with Gasteiger partial charge in [-0.15, -0.1) is 0 Å². The Morgan fingerprint density at radius 3 is 2.20 bits per heavy atom. The smallest absolute Gasteiger partial charge is 0.269 e. The highest BCUT2D eigenvalue weighted by Crippen LogP contribution is 2.29. The maximum atomic E-state index is 13.9. The Hall–Kier alpha value is -4.00. The van der Waals surface area contributed by atoms with Crippen LogP contribution in [0, 0.1) is 10.1 Å². The highest BCUT2D eigenvalue weighted by atomic mass is 32.2. The molecular formula is C29H33N5O6S. The van der Waals surface area contributed by atoms with Crippen LogP contribution in [0.5, 0.6) is 0 Å². The molecule has 2 aliphatic heterocycles. The van der Waals surface area contributed by atoms with E-state index in [0.29, 0.717) is 63.7 Å². The lowest BCUT2D eigenvalue weighted by Crippen LogP contribution is -2.49. The Balaban J connectivity index is 1.37. The third-order valence-electron chi connectivity index (χ3n) is 7.48. The van der Waals surface area contributed by atoms with Gasteiger partial charge in [-0.2, -0.15) is 0 Å². The minimum absolute atomic E-state index is 0.0284. The van der Waals surface area contributed by atoms with Gasteiger partial charge in [0.25, 0.3) is 11.6 Å². The van der Waals surface area contributed by atoms with Crippen molar-refractivity contribution in [3.05, 3.63) is 94.0 Å². The molecule has 0 aromatic heterocycles. The summed E-state index contributed by atoms with van der Waals surface area (Å²) in [5, 5.41) is 11.0. The van der Waals surface area contributed by atoms with Crippen molar-refractivity contribution >= 4 is 33.0 Å². The summed E-state index contributed by atoms with van der Waals surface area (Å²) in [7, 11) is -3.92. The van der Waals surface area contributed by atoms with Crippen molar-refractivity contribution in [1.82, 2.24) is 9.62 Å². The summed E-state index contributed by atoms with van der Waals surface area (Å²) in [5.74, 6) is -0.233. The number of nitrogens with one attached hydrogen (secondary N) is 1. The number of sulfonamides is 1. The van der Waals surface area contributed by atoms with Gasteiger partial charge < -0.3 is 19.4 Å². The summed E-state index contributed by atoms with van der Waals surface area (Å²) in [4.78, 5) is 30.4. The minimum atomic E-state index is -3.92. The second-order valence-corrected chi connectivity index (χ2v) is 11.8. The van der Waals surface area contributed by atoms with Gasteiger partial charge in [0, 0.05) is 68.8 Å². The number of morpholine rings is 1. The van der Waals surface area contributed by atoms with E-state index in [-0.39, 0.29) is 16.5 Å². The first-order valence-corrected chi connectivity index (χ1v) is 15.0. The predicted molar refractivity (Wildman–Crippen MR) is 156 cm³/mol. The summed E-state index contributed by atoms with van der Waals surface area (Å²) < 4.78 is 35.0. The monoisotopic (exact) mass is 579 g/mol. The molecule has 2 fully saturated rings. The van der Waals surface area contributed by atoms with Crippen LogP contribution < -0.4 is 14.5 Å². The van der Waals surface area contributed by atoms with Crippen molar-refractivity contribution in [2.45, 2.75) is 17.9 Å². The van der Waals surface area contributed by atoms with Crippen molar-refractivity contribution in [2.75, 3.05) is 62.3 Å². The summed E-state index contributed by atoms with van der Waals surface area (Å²) >= 11 is 0. The molecule has 3 aromatic rings. The fourth-order valence-electron chi connectivity index (χ4n) is 5.17. The second-order valence-electron chi connectivity index (χ2n) is 10.1. The van der Waals surface area contributed by atoms with Crippen molar-refractivity contribution in [2.24, 2.45) is 0 Å². The SMILES string of the molecule is CC(NS(=O)(=O)c1ccc(N2CCOCC2)c(C(=O)N2CCN(c3ccc([N+](=O)[O-])cc3)CC2)c1)c1ccccc1. The molecule has 2 saturated heterocycles. The zero-order valence-corrected chi connectivity index (χ0v) is 23.6. The van der Waals surface area contributed by atoms with Crippen LogP contribution in [0.25, 0.3) is 0 Å². The number of nitro groups is 1. The number of ether oxygens (including phenoxy) is 1. The molecule has 12 heteroatoms. The summed E-state index contributed by atoms with van der Waals surface area (Å²) in [5.41, 5.74) is 2.74. The van der Waals surface area contributed by atoms with Crippen LogP contribution in [0.15, 0.2) is 77.7 Å². The second kappa shape index (κ2) is 12.2. The number of carbonyl (C=O) groups excluding carboxylic acids is 1. The van der Waals surface area contributed by atoms with Gasteiger partial charge in [0.2, 0.25) is 10.0 Å². The number of rotatable bonds is 8. The molecule has 1 amide bonds. The van der Waals surface area contributed by atoms with Gasteiger partial charge >= 0.3 is 0 Å². The average molecular weight is 580 g/mol. The molecule has 1 unspecified atom stereocenters. The molecule has 41 heavy (non-hydrogen) atoms. The first-order valence-electron chi connectivity index (χ1n) is 13.6. The van der Waals surface area contributed by atoms with Crippen LogP contribution in [0.4, 0.5) is 17.1 Å². The lowest BCUT2D eigenvalue weighted by molar-refractivity contribution is -0.384. The zero-order chi connectivity index (χ0) is 29.0. The van der Waals surface area contributed by atoms with E-state index < -0.39 is 21.0 Å². The highest BCUT2D eigenvalue weighted by Gasteiger charge is 2.29. The maximum absolute atomic E-state index is 13.9. The van der Waals surface area contributed by atoms with Crippen molar-refractivity contribution in [3.63, 3.8) is 0 Å². The van der Waals surface area contributed by atoms with Crippen LogP contribution in [-0.4, -0.2) is 76.6 Å². The lowest BCUT2D eigenvalue weighted by atomic mass is 10.1. The average Bonchev–Trinajstić information content (AvgIpc) is 3.01. The van der Waals surface area contributed by atoms with Crippen molar-refractivity contribution in [1.29, 1.82) is 0 Å². The number of nitrogens with zero attached hydrogens (tertiary/aromatic N) is 4. The molecule has 0 spiro atoms. The van der Waals surface area contributed by atoms with Crippen LogP contribution in [-0.2, 0) is 14.8 Å². The van der Waals surface area contributed by atoms with Gasteiger partial charge in [-0.3, -0.25) is 14.9 Å². The number of piperazine rings is 1. The van der Waals surface area contributed by atoms with E-state index in [1.165, 1.54) is 18.2 Å². The van der Waals surface area contributed by atoms with E-state index in [9.17, 15) is 23.3 Å². The van der Waals surface area contributed by atoms with Crippen LogP contribution in [0.1, 0.15) is 28.9 Å². The Morgan fingerprint density at radius 2 is 1.56 bits per heavy atom. The van der Waals surface area contributed by atoms with Crippen molar-refractivity contribution < 1.29 is 22.9 Å². The Bertz CT molecular complexity index is 1490. The van der Waals surface area contributed by atoms with E-state index in [1.54, 1.807) is 36.1 Å². The largest absolute Gasteiger partial charge is 0.378 e. The van der Waals surface area contributed by atoms with Crippen LogP contribution >= 0.6 is 0 Å². The van der Waals surface area contributed by atoms with E-state index in [4.69, 9.17) is 4.74 Å². The molecule has 0 aliphatic carbocycles. The molecule has 1 N–H and O–H groups in total. The fourth-order valence-corrected chi connectivity index (χ4v) is 6.43. The Morgan fingerprint density at radius 1 is 0.902 bits per heavy atom. The standard InChI is InChI=1S/C29H33N5O6S/c1-22(23-5-3-2-4-6-23)30-41(38,39)26-11-12-28(32-17-19-40-20-18-32)27(21-26)29(35)33-15-13-31(14-16-33)24-7-9-25(10-8-24)34(36)37/h2-12,21-22,30H,13-20H2,1H3. The molecule has 0 saturated carbocycles. The van der Waals surface area contributed by atoms with Crippen LogP contribution in [0.3, 0.4) is 0 Å². The molecule has 3 aromatic carbocycles. The molecule has 2 aliphatic rings. The number of anilines is 2. The Kier molecular flexibility index (Phi) is 8.52. The fraction of sp³-hybridized carbons (Fsp3) is 0.345. The third kappa shape index (κ3) is 6.50. The van der Waals surface area contributed by atoms with Crippen LogP contribution in [0.2, 0.25) is 0 Å². The molecule has 2 heterocycles. The first-order chi connectivity index (χ1) is 19.7. The normalized spacial score (nSPS) is 16.9. The minimum Gasteiger partial charge on any atom is -0.378 e. The van der Waals surface area contributed by atoms with E-state index in [2.05, 4.69) is 14.5 Å². The zero-order valence-electron chi connectivity index (χ0n) is 22.8. The number of amides is 1. The van der Waals surface area contributed by atoms with Gasteiger partial charge in [-0.25, -0.2) is 13.1 Å². The number of carbonyl (C=O) groups is 1. The predicted octanol–water partition coefficient (Wildman–Crippen LogP) is 3.43. The summed E-state index contributed by atoms with van der Waals surface area (Å²) in [6, 6.07) is 20.0. The first kappa shape index (κ1) is 28.5. The number of benzene rings is 3. The molecular weight excluding hydrogens is 546 g/mol. The topological polar surface area (TPSA) is 125 Å². The summed E-state index contributed by atoms with van der Waals surface area (Å²) in [6.07, 6.45) is 0. The number of nitro benzene ring substituents is 1. The van der Waals surface area contributed by atoms with Gasteiger partial charge in [0.1, 0.15) is 0 Å². The number of non-ortho nitro benzene ring substituents is 1. The summed E-state index contributed by atoms with van der Waals surface area (Å²) in [6.45, 7) is 5.99. The number of hydrogen-bond acceptors (Lipinski definition) is 8. The van der Waals surface area contributed by atoms with E-state index >= 15 is 0 Å². The van der Waals surface area contributed by atoms with Crippen molar-refractivity contribution in [3.8, 4) is 0 Å². The third-order valence-corrected chi connectivity index (χ3v) is 9.02. The lowest BCUT2D eigenvalue weighted by Gasteiger charge is -2.37. The molecule has 216 valence electrons. The number of hydrogen-bond donors (Lipinski definition) is 1. The quantitative estimate of drug-likeness (QED) is 0.318.